The second-order valence-electron chi connectivity index (χ2n) is 4.65. The summed E-state index contributed by atoms with van der Waals surface area (Å²) >= 11 is 0. The zero-order valence-electron chi connectivity index (χ0n) is 11.9. The van der Waals surface area contributed by atoms with Crippen LogP contribution in [0.1, 0.15) is 46.5 Å². The molecule has 4 heteroatoms. The summed E-state index contributed by atoms with van der Waals surface area (Å²) in [5.74, 6) is 0.516. The molecular formula is C14H28ClNO2. The fourth-order valence-corrected chi connectivity index (χ4v) is 2.04. The highest BCUT2D eigenvalue weighted by atomic mass is 35.5. The molecule has 0 aromatic carbocycles. The van der Waals surface area contributed by atoms with Gasteiger partial charge in [-0.25, -0.2) is 0 Å². The van der Waals surface area contributed by atoms with Crippen LogP contribution in [0, 0.1) is 11.8 Å². The summed E-state index contributed by atoms with van der Waals surface area (Å²) in [5.41, 5.74) is 5.94. The van der Waals surface area contributed by atoms with E-state index in [1.54, 1.807) is 6.92 Å². The molecule has 18 heavy (non-hydrogen) atoms. The van der Waals surface area contributed by atoms with E-state index >= 15 is 0 Å². The van der Waals surface area contributed by atoms with Crippen LogP contribution in [0.5, 0.6) is 0 Å². The second kappa shape index (κ2) is 11.5. The average molecular weight is 278 g/mol. The smallest absolute Gasteiger partial charge is 0.323 e. The van der Waals surface area contributed by atoms with Gasteiger partial charge in [0.1, 0.15) is 6.04 Å². The highest BCUT2D eigenvalue weighted by Gasteiger charge is 2.25. The summed E-state index contributed by atoms with van der Waals surface area (Å²) in [4.78, 5) is 11.6. The molecule has 0 aliphatic carbocycles. The summed E-state index contributed by atoms with van der Waals surface area (Å²) < 4.78 is 4.97. The van der Waals surface area contributed by atoms with Crippen LogP contribution in [0.4, 0.5) is 0 Å². The summed E-state index contributed by atoms with van der Waals surface area (Å²) in [6.45, 7) is 10.2. The molecule has 0 aromatic rings. The standard InChI is InChI=1S/C14H27NO2.ClH/c1-5-8-9-11(4)10-12(6-2)13(15)14(16)17-7-3;/h5,11-13H,1,6-10,15H2,2-4H3;1H. The van der Waals surface area contributed by atoms with Crippen LogP contribution >= 0.6 is 12.4 Å². The number of carbonyl (C=O) groups excluding carboxylic acids is 1. The first-order chi connectivity index (χ1) is 8.06. The molecule has 0 spiro atoms. The van der Waals surface area contributed by atoms with Gasteiger partial charge in [0, 0.05) is 0 Å². The molecule has 0 aromatic heterocycles. The minimum atomic E-state index is -0.480. The van der Waals surface area contributed by atoms with Gasteiger partial charge in [0.25, 0.3) is 0 Å². The number of nitrogens with two attached hydrogens (primary N) is 1. The molecule has 0 amide bonds. The molecule has 0 saturated carbocycles. The van der Waals surface area contributed by atoms with E-state index in [2.05, 4.69) is 20.4 Å². The topological polar surface area (TPSA) is 52.3 Å². The number of rotatable bonds is 9. The number of halogens is 1. The Labute approximate surface area is 118 Å². The molecule has 0 bridgehead atoms. The summed E-state index contributed by atoms with van der Waals surface area (Å²) in [7, 11) is 0. The van der Waals surface area contributed by atoms with E-state index in [4.69, 9.17) is 10.5 Å². The van der Waals surface area contributed by atoms with E-state index in [1.165, 1.54) is 0 Å². The Morgan fingerprint density at radius 2 is 2.06 bits per heavy atom. The average Bonchev–Trinajstić information content (AvgIpc) is 2.32. The molecule has 3 nitrogen and oxygen atoms in total. The van der Waals surface area contributed by atoms with Crippen molar-refractivity contribution in [1.82, 2.24) is 0 Å². The van der Waals surface area contributed by atoms with Crippen LogP contribution in [0.15, 0.2) is 12.7 Å². The van der Waals surface area contributed by atoms with Crippen molar-refractivity contribution in [3.8, 4) is 0 Å². The van der Waals surface area contributed by atoms with Crippen LogP contribution in [0.25, 0.3) is 0 Å². The van der Waals surface area contributed by atoms with E-state index in [0.29, 0.717) is 12.5 Å². The largest absolute Gasteiger partial charge is 0.465 e. The van der Waals surface area contributed by atoms with E-state index in [-0.39, 0.29) is 24.3 Å². The fraction of sp³-hybridized carbons (Fsp3) is 0.786. The first-order valence-corrected chi connectivity index (χ1v) is 6.59. The number of ether oxygens (including phenoxy) is 1. The van der Waals surface area contributed by atoms with Crippen LogP contribution in [-0.2, 0) is 9.53 Å². The van der Waals surface area contributed by atoms with E-state index < -0.39 is 6.04 Å². The Morgan fingerprint density at radius 1 is 1.44 bits per heavy atom. The van der Waals surface area contributed by atoms with E-state index in [9.17, 15) is 4.79 Å². The molecule has 0 rings (SSSR count). The van der Waals surface area contributed by atoms with Gasteiger partial charge < -0.3 is 10.5 Å². The van der Waals surface area contributed by atoms with Crippen LogP contribution in [0.2, 0.25) is 0 Å². The second-order valence-corrected chi connectivity index (χ2v) is 4.65. The molecule has 0 aliphatic rings. The molecule has 3 atom stereocenters. The van der Waals surface area contributed by atoms with Crippen molar-refractivity contribution >= 4 is 18.4 Å². The first kappa shape index (κ1) is 19.8. The first-order valence-electron chi connectivity index (χ1n) is 6.59. The van der Waals surface area contributed by atoms with Gasteiger partial charge in [-0.15, -0.1) is 19.0 Å². The van der Waals surface area contributed by atoms with Gasteiger partial charge in [-0.05, 0) is 38.0 Å². The van der Waals surface area contributed by atoms with Crippen molar-refractivity contribution in [2.45, 2.75) is 52.5 Å². The quantitative estimate of drug-likeness (QED) is 0.520. The number of hydrogen-bond acceptors (Lipinski definition) is 3. The highest BCUT2D eigenvalue weighted by Crippen LogP contribution is 2.22. The lowest BCUT2D eigenvalue weighted by Gasteiger charge is -2.24. The zero-order valence-corrected chi connectivity index (χ0v) is 12.7. The Bertz CT molecular complexity index is 234. The van der Waals surface area contributed by atoms with E-state index in [0.717, 1.165) is 25.7 Å². The Hall–Kier alpha value is -0.540. The molecule has 0 aliphatic heterocycles. The van der Waals surface area contributed by atoms with Crippen molar-refractivity contribution in [3.63, 3.8) is 0 Å². The molecule has 3 unspecified atom stereocenters. The Balaban J connectivity index is 0. The van der Waals surface area contributed by atoms with Crippen LogP contribution in [-0.4, -0.2) is 18.6 Å². The lowest BCUT2D eigenvalue weighted by atomic mass is 9.86. The molecule has 108 valence electrons. The number of carbonyl (C=O) groups is 1. The van der Waals surface area contributed by atoms with E-state index in [1.807, 2.05) is 6.08 Å². The normalized spacial score (nSPS) is 15.1. The number of allylic oxidation sites excluding steroid dienone is 1. The molecular weight excluding hydrogens is 250 g/mol. The number of hydrogen-bond donors (Lipinski definition) is 1. The van der Waals surface area contributed by atoms with Gasteiger partial charge in [0.2, 0.25) is 0 Å². The summed E-state index contributed by atoms with van der Waals surface area (Å²) in [6, 6.07) is -0.480. The van der Waals surface area contributed by atoms with Crippen molar-refractivity contribution < 1.29 is 9.53 Å². The molecule has 0 saturated heterocycles. The van der Waals surface area contributed by atoms with Gasteiger partial charge in [-0.1, -0.05) is 26.3 Å². The lowest BCUT2D eigenvalue weighted by Crippen LogP contribution is -2.40. The molecule has 2 N–H and O–H groups in total. The van der Waals surface area contributed by atoms with Crippen molar-refractivity contribution in [3.05, 3.63) is 12.7 Å². The maximum atomic E-state index is 11.6. The van der Waals surface area contributed by atoms with Gasteiger partial charge in [-0.3, -0.25) is 4.79 Å². The van der Waals surface area contributed by atoms with Crippen molar-refractivity contribution in [2.24, 2.45) is 17.6 Å². The summed E-state index contributed by atoms with van der Waals surface area (Å²) in [6.07, 6.45) is 5.95. The Morgan fingerprint density at radius 3 is 2.50 bits per heavy atom. The predicted octanol–water partition coefficient (Wildman–Crippen LogP) is 3.32. The lowest BCUT2D eigenvalue weighted by molar-refractivity contribution is -0.146. The third-order valence-electron chi connectivity index (χ3n) is 3.16. The highest BCUT2D eigenvalue weighted by molar-refractivity contribution is 5.85. The monoisotopic (exact) mass is 277 g/mol. The van der Waals surface area contributed by atoms with Gasteiger partial charge >= 0.3 is 5.97 Å². The zero-order chi connectivity index (χ0) is 13.3. The summed E-state index contributed by atoms with van der Waals surface area (Å²) in [5, 5.41) is 0. The number of esters is 1. The third-order valence-corrected chi connectivity index (χ3v) is 3.16. The molecule has 0 heterocycles. The van der Waals surface area contributed by atoms with Crippen molar-refractivity contribution in [1.29, 1.82) is 0 Å². The maximum absolute atomic E-state index is 11.6. The minimum Gasteiger partial charge on any atom is -0.465 e. The Kier molecular flexibility index (Phi) is 12.7. The molecule has 0 radical (unpaired) electrons. The maximum Gasteiger partial charge on any atom is 0.323 e. The van der Waals surface area contributed by atoms with Crippen molar-refractivity contribution in [2.75, 3.05) is 6.61 Å². The van der Waals surface area contributed by atoms with Gasteiger partial charge in [0.15, 0.2) is 0 Å². The van der Waals surface area contributed by atoms with Crippen LogP contribution in [0.3, 0.4) is 0 Å². The fourth-order valence-electron chi connectivity index (χ4n) is 2.04. The van der Waals surface area contributed by atoms with Gasteiger partial charge in [0.05, 0.1) is 6.61 Å². The minimum absolute atomic E-state index is 0. The van der Waals surface area contributed by atoms with Crippen LogP contribution < -0.4 is 5.73 Å². The molecule has 0 fully saturated rings. The predicted molar refractivity (Wildman–Crippen MR) is 78.8 cm³/mol. The SMILES string of the molecule is C=CCCC(C)CC(CC)C(N)C(=O)OCC.Cl. The third kappa shape index (κ3) is 7.72. The van der Waals surface area contributed by atoms with Gasteiger partial charge in [-0.2, -0.15) is 0 Å².